The first kappa shape index (κ1) is 8.37. The lowest BCUT2D eigenvalue weighted by molar-refractivity contribution is 0.0580. The van der Waals surface area contributed by atoms with Gasteiger partial charge in [0.05, 0.1) is 0 Å². The molecule has 68 valence electrons. The quantitative estimate of drug-likeness (QED) is 0.766. The molecule has 2 bridgehead atoms. The number of hydrogen-bond donors (Lipinski definition) is 0. The van der Waals surface area contributed by atoms with Crippen LogP contribution in [0.2, 0.25) is 0 Å². The van der Waals surface area contributed by atoms with Gasteiger partial charge in [0.1, 0.15) is 0 Å². The molecular weight excluding hydrogens is 244 g/mol. The Morgan fingerprint density at radius 1 is 1.15 bits per heavy atom. The summed E-state index contributed by atoms with van der Waals surface area (Å²) in [5.41, 5.74) is 0. The Morgan fingerprint density at radius 2 is 1.77 bits per heavy atom. The zero-order valence-electron chi connectivity index (χ0n) is 7.29. The van der Waals surface area contributed by atoms with E-state index in [1.54, 1.807) is 0 Å². The second kappa shape index (κ2) is 2.77. The van der Waals surface area contributed by atoms with Gasteiger partial charge in [-0.3, -0.25) is 0 Å². The lowest BCUT2D eigenvalue weighted by Crippen LogP contribution is -2.55. The van der Waals surface area contributed by atoms with Gasteiger partial charge in [-0.15, -0.1) is 11.8 Å². The van der Waals surface area contributed by atoms with Crippen LogP contribution in [0.5, 0.6) is 0 Å². The molecular formula is C11H11BrS. The molecule has 1 aromatic carbocycles. The third-order valence-electron chi connectivity index (χ3n) is 3.13. The fourth-order valence-corrected chi connectivity index (χ4v) is 4.27. The standard InChI is InChI=1S/C11H11BrS/c12-9-1-3-10(4-2-9)13-11-5-8(6-11)7-11/h1-4,8H,5-7H2. The van der Waals surface area contributed by atoms with Gasteiger partial charge in [-0.2, -0.15) is 0 Å². The number of rotatable bonds is 2. The van der Waals surface area contributed by atoms with Crippen LogP contribution in [-0.2, 0) is 0 Å². The zero-order valence-corrected chi connectivity index (χ0v) is 9.70. The van der Waals surface area contributed by atoms with Crippen LogP contribution in [0.1, 0.15) is 19.3 Å². The molecule has 0 aromatic heterocycles. The topological polar surface area (TPSA) is 0 Å². The van der Waals surface area contributed by atoms with Crippen LogP contribution in [-0.4, -0.2) is 4.75 Å². The summed E-state index contributed by atoms with van der Waals surface area (Å²) in [5.74, 6) is 1.09. The Kier molecular flexibility index (Phi) is 1.78. The van der Waals surface area contributed by atoms with Crippen molar-refractivity contribution in [1.82, 2.24) is 0 Å². The van der Waals surface area contributed by atoms with Gasteiger partial charge in [-0.05, 0) is 49.4 Å². The highest BCUT2D eigenvalue weighted by Crippen LogP contribution is 2.66. The van der Waals surface area contributed by atoms with E-state index < -0.39 is 0 Å². The highest BCUT2D eigenvalue weighted by Gasteiger charge is 2.57. The van der Waals surface area contributed by atoms with Gasteiger partial charge < -0.3 is 0 Å². The smallest absolute Gasteiger partial charge is 0.0215 e. The van der Waals surface area contributed by atoms with Crippen molar-refractivity contribution >= 4 is 27.7 Å². The van der Waals surface area contributed by atoms with Gasteiger partial charge in [0.25, 0.3) is 0 Å². The van der Waals surface area contributed by atoms with Crippen LogP contribution >= 0.6 is 27.7 Å². The minimum Gasteiger partial charge on any atom is -0.119 e. The van der Waals surface area contributed by atoms with E-state index in [0.29, 0.717) is 4.75 Å². The first-order valence-corrected chi connectivity index (χ1v) is 6.31. The summed E-state index contributed by atoms with van der Waals surface area (Å²) in [7, 11) is 0. The maximum absolute atomic E-state index is 3.46. The van der Waals surface area contributed by atoms with Crippen LogP contribution in [0.15, 0.2) is 33.6 Å². The maximum Gasteiger partial charge on any atom is 0.0215 e. The molecule has 0 saturated heterocycles. The minimum absolute atomic E-state index is 0.665. The molecule has 0 spiro atoms. The predicted molar refractivity (Wildman–Crippen MR) is 60.1 cm³/mol. The normalized spacial score (nSPS) is 35.0. The van der Waals surface area contributed by atoms with Crippen molar-refractivity contribution in [3.8, 4) is 0 Å². The summed E-state index contributed by atoms with van der Waals surface area (Å²) in [5, 5.41) is 0. The van der Waals surface area contributed by atoms with Crippen molar-refractivity contribution in [3.63, 3.8) is 0 Å². The fourth-order valence-electron chi connectivity index (χ4n) is 2.28. The molecule has 0 nitrogen and oxygen atoms in total. The molecule has 0 radical (unpaired) electrons. The van der Waals surface area contributed by atoms with Crippen LogP contribution in [0.4, 0.5) is 0 Å². The van der Waals surface area contributed by atoms with E-state index >= 15 is 0 Å². The highest BCUT2D eigenvalue weighted by atomic mass is 79.9. The third kappa shape index (κ3) is 1.35. The van der Waals surface area contributed by atoms with E-state index in [4.69, 9.17) is 0 Å². The van der Waals surface area contributed by atoms with Crippen molar-refractivity contribution in [2.45, 2.75) is 28.9 Å². The van der Waals surface area contributed by atoms with Gasteiger partial charge >= 0.3 is 0 Å². The molecule has 4 rings (SSSR count). The van der Waals surface area contributed by atoms with Crippen LogP contribution in [0.25, 0.3) is 0 Å². The van der Waals surface area contributed by atoms with E-state index in [1.807, 2.05) is 0 Å². The van der Waals surface area contributed by atoms with Crippen molar-refractivity contribution in [2.75, 3.05) is 0 Å². The number of halogens is 1. The minimum atomic E-state index is 0.665. The van der Waals surface area contributed by atoms with E-state index in [2.05, 4.69) is 52.0 Å². The van der Waals surface area contributed by atoms with E-state index in [9.17, 15) is 0 Å². The van der Waals surface area contributed by atoms with Crippen molar-refractivity contribution in [1.29, 1.82) is 0 Å². The van der Waals surface area contributed by atoms with Gasteiger partial charge in [0.2, 0.25) is 0 Å². The number of thioether (sulfide) groups is 1. The van der Waals surface area contributed by atoms with Gasteiger partial charge in [0.15, 0.2) is 0 Å². The molecule has 3 fully saturated rings. The lowest BCUT2D eigenvalue weighted by Gasteiger charge is -2.61. The van der Waals surface area contributed by atoms with Gasteiger partial charge in [0, 0.05) is 14.1 Å². The number of hydrogen-bond acceptors (Lipinski definition) is 1. The molecule has 3 aliphatic carbocycles. The Labute approximate surface area is 91.2 Å². The molecule has 1 aromatic rings. The maximum atomic E-state index is 3.46. The second-order valence-corrected chi connectivity index (χ2v) is 6.67. The van der Waals surface area contributed by atoms with Crippen LogP contribution in [0.3, 0.4) is 0 Å². The molecule has 0 N–H and O–H groups in total. The first-order valence-electron chi connectivity index (χ1n) is 4.70. The monoisotopic (exact) mass is 254 g/mol. The summed E-state index contributed by atoms with van der Waals surface area (Å²) < 4.78 is 1.84. The Hall–Kier alpha value is 0.0500. The number of benzene rings is 1. The third-order valence-corrected chi connectivity index (χ3v) is 5.10. The van der Waals surface area contributed by atoms with E-state index in [-0.39, 0.29) is 0 Å². The van der Waals surface area contributed by atoms with Gasteiger partial charge in [-0.25, -0.2) is 0 Å². The molecule has 2 heteroatoms. The highest BCUT2D eigenvalue weighted by molar-refractivity contribution is 9.10. The summed E-state index contributed by atoms with van der Waals surface area (Å²) in [6.07, 6.45) is 4.40. The summed E-state index contributed by atoms with van der Waals surface area (Å²) >= 11 is 5.54. The van der Waals surface area contributed by atoms with E-state index in [1.165, 1.54) is 28.6 Å². The average Bonchev–Trinajstić information content (AvgIpc) is 1.98. The van der Waals surface area contributed by atoms with Crippen molar-refractivity contribution in [3.05, 3.63) is 28.7 Å². The average molecular weight is 255 g/mol. The predicted octanol–water partition coefficient (Wildman–Crippen LogP) is 4.09. The Bertz CT molecular complexity index is 313. The Morgan fingerprint density at radius 3 is 2.23 bits per heavy atom. The van der Waals surface area contributed by atoms with E-state index in [0.717, 1.165) is 5.92 Å². The van der Waals surface area contributed by atoms with Crippen LogP contribution < -0.4 is 0 Å². The molecule has 0 unspecified atom stereocenters. The Balaban J connectivity index is 1.75. The molecule has 0 aliphatic heterocycles. The lowest BCUT2D eigenvalue weighted by atomic mass is 9.55. The van der Waals surface area contributed by atoms with Gasteiger partial charge in [-0.1, -0.05) is 15.9 Å². The van der Waals surface area contributed by atoms with Crippen LogP contribution in [0, 0.1) is 5.92 Å². The molecule has 0 amide bonds. The zero-order chi connectivity index (χ0) is 8.89. The van der Waals surface area contributed by atoms with Crippen molar-refractivity contribution < 1.29 is 0 Å². The largest absolute Gasteiger partial charge is 0.119 e. The summed E-state index contributed by atoms with van der Waals surface area (Å²) in [4.78, 5) is 1.43. The molecule has 13 heavy (non-hydrogen) atoms. The van der Waals surface area contributed by atoms with Crippen molar-refractivity contribution in [2.24, 2.45) is 5.92 Å². The fraction of sp³-hybridized carbons (Fsp3) is 0.455. The first-order chi connectivity index (χ1) is 6.26. The molecule has 3 aliphatic rings. The second-order valence-electron chi connectivity index (χ2n) is 4.22. The summed E-state index contributed by atoms with van der Waals surface area (Å²) in [6, 6.07) is 8.70. The molecule has 3 saturated carbocycles. The SMILES string of the molecule is Brc1ccc(SC23CC(C2)C3)cc1. The summed E-state index contributed by atoms with van der Waals surface area (Å²) in [6.45, 7) is 0. The molecule has 0 atom stereocenters. The molecule has 0 heterocycles.